The van der Waals surface area contributed by atoms with Crippen molar-refractivity contribution < 1.29 is 4.79 Å². The van der Waals surface area contributed by atoms with E-state index < -0.39 is 0 Å². The van der Waals surface area contributed by atoms with Crippen LogP contribution in [0, 0.1) is 0 Å². The number of aromatic nitrogens is 1. The van der Waals surface area contributed by atoms with Crippen LogP contribution in [0.1, 0.15) is 43.6 Å². The van der Waals surface area contributed by atoms with Gasteiger partial charge in [0.05, 0.1) is 0 Å². The van der Waals surface area contributed by atoms with Gasteiger partial charge in [0.1, 0.15) is 5.69 Å². The van der Waals surface area contributed by atoms with Crippen LogP contribution >= 0.6 is 0 Å². The molecule has 1 heterocycles. The fourth-order valence-corrected chi connectivity index (χ4v) is 1.51. The Morgan fingerprint density at radius 1 is 1.59 bits per heavy atom. The van der Waals surface area contributed by atoms with E-state index >= 15 is 0 Å². The number of carbonyl (C=O) groups excluding carboxylic acids is 1. The zero-order valence-corrected chi connectivity index (χ0v) is 10.4. The van der Waals surface area contributed by atoms with E-state index in [0.717, 1.165) is 12.1 Å². The van der Waals surface area contributed by atoms with Crippen molar-refractivity contribution in [2.45, 2.75) is 45.2 Å². The summed E-state index contributed by atoms with van der Waals surface area (Å²) in [4.78, 5) is 16.0. The molecular weight excluding hydrogens is 214 g/mol. The molecule has 2 rings (SSSR count). The predicted octanol–water partition coefficient (Wildman–Crippen LogP) is 2.18. The Bertz CT molecular complexity index is 401. The van der Waals surface area contributed by atoms with E-state index in [1.54, 1.807) is 6.20 Å². The molecule has 1 atom stereocenters. The fraction of sp³-hybridized carbons (Fsp3) is 0.538. The molecule has 1 aliphatic carbocycles. The summed E-state index contributed by atoms with van der Waals surface area (Å²) < 4.78 is 0. The highest BCUT2D eigenvalue weighted by Crippen LogP contribution is 2.24. The summed E-state index contributed by atoms with van der Waals surface area (Å²) >= 11 is 0. The van der Waals surface area contributed by atoms with Crippen LogP contribution in [0.4, 0.5) is 5.69 Å². The minimum atomic E-state index is -0.0983. The van der Waals surface area contributed by atoms with Crippen molar-refractivity contribution in [1.82, 2.24) is 10.3 Å². The average Bonchev–Trinajstić information content (AvgIpc) is 3.13. The molecule has 1 aromatic heterocycles. The summed E-state index contributed by atoms with van der Waals surface area (Å²) in [5.41, 5.74) is 1.47. The van der Waals surface area contributed by atoms with Crippen molar-refractivity contribution in [3.05, 3.63) is 24.0 Å². The van der Waals surface area contributed by atoms with Crippen molar-refractivity contribution >= 4 is 11.6 Å². The molecule has 0 saturated heterocycles. The largest absolute Gasteiger partial charge is 0.382 e. The van der Waals surface area contributed by atoms with Crippen LogP contribution in [0.25, 0.3) is 0 Å². The lowest BCUT2D eigenvalue weighted by Crippen LogP contribution is -2.32. The Balaban J connectivity index is 2.01. The number of anilines is 1. The average molecular weight is 233 g/mol. The molecule has 0 aliphatic heterocycles. The van der Waals surface area contributed by atoms with Crippen molar-refractivity contribution in [1.29, 1.82) is 0 Å². The standard InChI is InChI=1S/C13H19N3O/c1-3-9(2)15-13(17)12-8-11(6-7-14-12)16-10-4-5-10/h6-10H,3-5H2,1-2H3,(H,14,16)(H,15,17). The highest BCUT2D eigenvalue weighted by Gasteiger charge is 2.21. The maximum absolute atomic E-state index is 11.9. The molecule has 1 amide bonds. The maximum Gasteiger partial charge on any atom is 0.270 e. The van der Waals surface area contributed by atoms with E-state index in [-0.39, 0.29) is 11.9 Å². The molecule has 0 radical (unpaired) electrons. The van der Waals surface area contributed by atoms with E-state index in [4.69, 9.17) is 0 Å². The van der Waals surface area contributed by atoms with E-state index in [1.807, 2.05) is 26.0 Å². The Hall–Kier alpha value is -1.58. The van der Waals surface area contributed by atoms with Crippen LogP contribution < -0.4 is 10.6 Å². The SMILES string of the molecule is CCC(C)NC(=O)c1cc(NC2CC2)ccn1. The van der Waals surface area contributed by atoms with Crippen molar-refractivity contribution in [2.75, 3.05) is 5.32 Å². The number of pyridine rings is 1. The minimum Gasteiger partial charge on any atom is -0.382 e. The molecule has 1 unspecified atom stereocenters. The van der Waals surface area contributed by atoms with E-state index in [1.165, 1.54) is 12.8 Å². The molecule has 4 nitrogen and oxygen atoms in total. The van der Waals surface area contributed by atoms with Crippen molar-refractivity contribution in [3.8, 4) is 0 Å². The Kier molecular flexibility index (Phi) is 3.61. The third-order valence-electron chi connectivity index (χ3n) is 2.93. The lowest BCUT2D eigenvalue weighted by Gasteiger charge is -2.11. The molecular formula is C13H19N3O. The Labute approximate surface area is 102 Å². The normalized spacial score (nSPS) is 16.4. The maximum atomic E-state index is 11.9. The number of hydrogen-bond donors (Lipinski definition) is 2. The monoisotopic (exact) mass is 233 g/mol. The van der Waals surface area contributed by atoms with Gasteiger partial charge in [-0.1, -0.05) is 6.92 Å². The molecule has 1 saturated carbocycles. The molecule has 92 valence electrons. The molecule has 0 bridgehead atoms. The topological polar surface area (TPSA) is 54.0 Å². The Morgan fingerprint density at radius 3 is 3.00 bits per heavy atom. The van der Waals surface area contributed by atoms with Gasteiger partial charge in [-0.15, -0.1) is 0 Å². The predicted molar refractivity (Wildman–Crippen MR) is 68.1 cm³/mol. The zero-order chi connectivity index (χ0) is 12.3. The van der Waals surface area contributed by atoms with Gasteiger partial charge in [0, 0.05) is 24.0 Å². The summed E-state index contributed by atoms with van der Waals surface area (Å²) in [6.45, 7) is 4.04. The minimum absolute atomic E-state index is 0.0983. The second kappa shape index (κ2) is 5.17. The molecule has 0 spiro atoms. The molecule has 1 aliphatic rings. The molecule has 1 fully saturated rings. The van der Waals surface area contributed by atoms with Crippen LogP contribution in [-0.2, 0) is 0 Å². The molecule has 4 heteroatoms. The van der Waals surface area contributed by atoms with Gasteiger partial charge in [0.2, 0.25) is 0 Å². The summed E-state index contributed by atoms with van der Waals surface area (Å²) in [7, 11) is 0. The fourth-order valence-electron chi connectivity index (χ4n) is 1.51. The number of amides is 1. The van der Waals surface area contributed by atoms with Crippen LogP contribution in [-0.4, -0.2) is 23.0 Å². The second-order valence-electron chi connectivity index (χ2n) is 4.63. The van der Waals surface area contributed by atoms with Crippen molar-refractivity contribution in [2.24, 2.45) is 0 Å². The molecule has 2 N–H and O–H groups in total. The number of carbonyl (C=O) groups is 1. The molecule has 0 aromatic carbocycles. The first kappa shape index (κ1) is 11.9. The first-order valence-corrected chi connectivity index (χ1v) is 6.22. The highest BCUT2D eigenvalue weighted by molar-refractivity contribution is 5.93. The second-order valence-corrected chi connectivity index (χ2v) is 4.63. The van der Waals surface area contributed by atoms with E-state index in [9.17, 15) is 4.79 Å². The van der Waals surface area contributed by atoms with Crippen LogP contribution in [0.3, 0.4) is 0 Å². The third kappa shape index (κ3) is 3.44. The first-order valence-electron chi connectivity index (χ1n) is 6.22. The number of hydrogen-bond acceptors (Lipinski definition) is 3. The zero-order valence-electron chi connectivity index (χ0n) is 10.4. The molecule has 17 heavy (non-hydrogen) atoms. The van der Waals surface area contributed by atoms with E-state index in [0.29, 0.717) is 11.7 Å². The highest BCUT2D eigenvalue weighted by atomic mass is 16.1. The van der Waals surface area contributed by atoms with Gasteiger partial charge >= 0.3 is 0 Å². The third-order valence-corrected chi connectivity index (χ3v) is 2.93. The Morgan fingerprint density at radius 2 is 2.35 bits per heavy atom. The van der Waals surface area contributed by atoms with Crippen LogP contribution in [0.2, 0.25) is 0 Å². The lowest BCUT2D eigenvalue weighted by molar-refractivity contribution is 0.0934. The summed E-state index contributed by atoms with van der Waals surface area (Å²) in [5.74, 6) is -0.0983. The molecule has 1 aromatic rings. The van der Waals surface area contributed by atoms with Gasteiger partial charge in [-0.25, -0.2) is 0 Å². The smallest absolute Gasteiger partial charge is 0.270 e. The van der Waals surface area contributed by atoms with Gasteiger partial charge < -0.3 is 10.6 Å². The lowest BCUT2D eigenvalue weighted by atomic mass is 10.2. The number of nitrogens with zero attached hydrogens (tertiary/aromatic N) is 1. The summed E-state index contributed by atoms with van der Waals surface area (Å²) in [5, 5.41) is 6.27. The van der Waals surface area contributed by atoms with Gasteiger partial charge in [-0.3, -0.25) is 9.78 Å². The summed E-state index contributed by atoms with van der Waals surface area (Å²) in [6, 6.07) is 4.49. The number of nitrogens with one attached hydrogen (secondary N) is 2. The van der Waals surface area contributed by atoms with Gasteiger partial charge in [-0.2, -0.15) is 0 Å². The van der Waals surface area contributed by atoms with Crippen LogP contribution in [0.5, 0.6) is 0 Å². The van der Waals surface area contributed by atoms with Gasteiger partial charge in [0.25, 0.3) is 5.91 Å². The van der Waals surface area contributed by atoms with Crippen LogP contribution in [0.15, 0.2) is 18.3 Å². The first-order chi connectivity index (χ1) is 8.19. The quantitative estimate of drug-likeness (QED) is 0.819. The van der Waals surface area contributed by atoms with Gasteiger partial charge in [-0.05, 0) is 38.3 Å². The number of rotatable bonds is 5. The van der Waals surface area contributed by atoms with Gasteiger partial charge in [0.15, 0.2) is 0 Å². The summed E-state index contributed by atoms with van der Waals surface area (Å²) in [6.07, 6.45) is 5.04. The van der Waals surface area contributed by atoms with Crippen molar-refractivity contribution in [3.63, 3.8) is 0 Å². The van der Waals surface area contributed by atoms with E-state index in [2.05, 4.69) is 15.6 Å².